The quantitative estimate of drug-likeness (QED) is 0.798. The molecule has 6 heteroatoms. The Morgan fingerprint density at radius 3 is 2.26 bits per heavy atom. The average Bonchev–Trinajstić information content (AvgIpc) is 2.54. The monoisotopic (exact) mass is 316 g/mol. The topological polar surface area (TPSA) is 34.9 Å². The molecular formula is C13H11Cl3N2O. The van der Waals surface area contributed by atoms with Crippen LogP contribution in [0.15, 0.2) is 18.2 Å². The van der Waals surface area contributed by atoms with Crippen molar-refractivity contribution < 1.29 is 4.79 Å². The fraction of sp³-hybridized carbons (Fsp3) is 0.231. The molecule has 0 aliphatic carbocycles. The van der Waals surface area contributed by atoms with Crippen molar-refractivity contribution in [2.75, 3.05) is 0 Å². The van der Waals surface area contributed by atoms with Gasteiger partial charge >= 0.3 is 0 Å². The average molecular weight is 318 g/mol. The molecule has 1 aromatic heterocycles. The minimum absolute atomic E-state index is 0.102. The highest BCUT2D eigenvalue weighted by molar-refractivity contribution is 6.35. The van der Waals surface area contributed by atoms with Gasteiger partial charge in [0.1, 0.15) is 0 Å². The zero-order valence-corrected chi connectivity index (χ0v) is 12.6. The molecule has 1 heterocycles. The first kappa shape index (κ1) is 14.4. The Morgan fingerprint density at radius 1 is 1.21 bits per heavy atom. The minimum Gasteiger partial charge on any atom is -0.294 e. The summed E-state index contributed by atoms with van der Waals surface area (Å²) in [5.41, 5.74) is 1.85. The van der Waals surface area contributed by atoms with E-state index in [0.717, 1.165) is 0 Å². The molecule has 1 aromatic carbocycles. The van der Waals surface area contributed by atoms with E-state index in [4.69, 9.17) is 34.8 Å². The number of benzene rings is 1. The van der Waals surface area contributed by atoms with Crippen LogP contribution in [0.3, 0.4) is 0 Å². The fourth-order valence-corrected chi connectivity index (χ4v) is 2.59. The molecule has 0 saturated carbocycles. The molecule has 2 aromatic rings. The van der Waals surface area contributed by atoms with Crippen molar-refractivity contribution in [2.45, 2.75) is 13.3 Å². The highest BCUT2D eigenvalue weighted by Crippen LogP contribution is 2.23. The first-order chi connectivity index (χ1) is 8.88. The van der Waals surface area contributed by atoms with E-state index in [1.807, 2.05) is 0 Å². The van der Waals surface area contributed by atoms with Gasteiger partial charge in [0.2, 0.25) is 0 Å². The summed E-state index contributed by atoms with van der Waals surface area (Å²) in [6.07, 6.45) is 0.160. The Labute approximate surface area is 126 Å². The third kappa shape index (κ3) is 3.11. The van der Waals surface area contributed by atoms with Gasteiger partial charge in [-0.05, 0) is 25.1 Å². The van der Waals surface area contributed by atoms with Gasteiger partial charge in [-0.1, -0.05) is 34.8 Å². The Morgan fingerprint density at radius 2 is 1.79 bits per heavy atom. The normalized spacial score (nSPS) is 10.8. The van der Waals surface area contributed by atoms with Gasteiger partial charge in [-0.25, -0.2) is 0 Å². The van der Waals surface area contributed by atoms with E-state index in [-0.39, 0.29) is 12.2 Å². The third-order valence-corrected chi connectivity index (χ3v) is 3.70. The predicted octanol–water partition coefficient (Wildman–Crippen LogP) is 4.11. The first-order valence-corrected chi connectivity index (χ1v) is 6.69. The molecule has 0 aliphatic heterocycles. The van der Waals surface area contributed by atoms with Crippen LogP contribution in [-0.2, 0) is 13.5 Å². The number of hydrogen-bond acceptors (Lipinski definition) is 2. The zero-order valence-electron chi connectivity index (χ0n) is 10.4. The van der Waals surface area contributed by atoms with Crippen molar-refractivity contribution in [2.24, 2.45) is 7.05 Å². The molecule has 0 bridgehead atoms. The Balaban J connectivity index is 2.30. The smallest absolute Gasteiger partial charge is 0.168 e. The Hall–Kier alpha value is -1.03. The summed E-state index contributed by atoms with van der Waals surface area (Å²) in [5.74, 6) is -0.102. The van der Waals surface area contributed by atoms with Crippen LogP contribution in [0, 0.1) is 6.92 Å². The molecule has 0 aliphatic rings. The molecule has 2 rings (SSSR count). The van der Waals surface area contributed by atoms with Gasteiger partial charge in [0.25, 0.3) is 0 Å². The van der Waals surface area contributed by atoms with Crippen molar-refractivity contribution in [1.82, 2.24) is 9.78 Å². The summed E-state index contributed by atoms with van der Waals surface area (Å²) < 4.78 is 1.61. The van der Waals surface area contributed by atoms with E-state index in [9.17, 15) is 4.79 Å². The molecular weight excluding hydrogens is 307 g/mol. The number of halogens is 3. The van der Waals surface area contributed by atoms with Gasteiger partial charge in [-0.15, -0.1) is 0 Å². The van der Waals surface area contributed by atoms with Crippen LogP contribution in [0.2, 0.25) is 15.1 Å². The second kappa shape index (κ2) is 5.53. The van der Waals surface area contributed by atoms with Crippen LogP contribution in [0.1, 0.15) is 21.7 Å². The SMILES string of the molecule is Cc1nn(C)c(CC(=O)c2cc(Cl)cc(Cl)c2)c1Cl. The van der Waals surface area contributed by atoms with Crippen LogP contribution < -0.4 is 0 Å². The number of aryl methyl sites for hydroxylation is 2. The number of Topliss-reactive ketones (excluding diaryl/α,β-unsaturated/α-hetero) is 1. The fourth-order valence-electron chi connectivity index (χ4n) is 1.84. The maximum absolute atomic E-state index is 12.2. The molecule has 0 radical (unpaired) electrons. The van der Waals surface area contributed by atoms with Crippen molar-refractivity contribution in [1.29, 1.82) is 0 Å². The highest BCUT2D eigenvalue weighted by Gasteiger charge is 2.16. The number of rotatable bonds is 3. The standard InChI is InChI=1S/C13H11Cl3N2O/c1-7-13(16)11(18(2)17-7)6-12(19)8-3-9(14)5-10(15)4-8/h3-5H,6H2,1-2H3. The molecule has 0 unspecified atom stereocenters. The van der Waals surface area contributed by atoms with Crippen LogP contribution in [0.25, 0.3) is 0 Å². The Bertz CT molecular complexity index is 629. The summed E-state index contributed by atoms with van der Waals surface area (Å²) in [5, 5.41) is 5.56. The lowest BCUT2D eigenvalue weighted by Gasteiger charge is -2.04. The van der Waals surface area contributed by atoms with Crippen molar-refractivity contribution >= 4 is 40.6 Å². The van der Waals surface area contributed by atoms with E-state index >= 15 is 0 Å². The summed E-state index contributed by atoms with van der Waals surface area (Å²) in [4.78, 5) is 12.2. The van der Waals surface area contributed by atoms with Crippen LogP contribution >= 0.6 is 34.8 Å². The summed E-state index contributed by atoms with van der Waals surface area (Å²) in [7, 11) is 1.76. The number of hydrogen-bond donors (Lipinski definition) is 0. The van der Waals surface area contributed by atoms with E-state index in [0.29, 0.717) is 32.0 Å². The molecule has 0 saturated heterocycles. The molecule has 0 amide bonds. The maximum atomic E-state index is 12.2. The molecule has 100 valence electrons. The van der Waals surface area contributed by atoms with Crippen molar-refractivity contribution in [3.05, 3.63) is 50.2 Å². The number of aromatic nitrogens is 2. The number of carbonyl (C=O) groups excluding carboxylic acids is 1. The highest BCUT2D eigenvalue weighted by atomic mass is 35.5. The van der Waals surface area contributed by atoms with E-state index in [2.05, 4.69) is 5.10 Å². The maximum Gasteiger partial charge on any atom is 0.168 e. The third-order valence-electron chi connectivity index (χ3n) is 2.77. The number of carbonyl (C=O) groups is 1. The summed E-state index contributed by atoms with van der Waals surface area (Å²) >= 11 is 17.9. The lowest BCUT2D eigenvalue weighted by Crippen LogP contribution is -2.08. The largest absolute Gasteiger partial charge is 0.294 e. The lowest BCUT2D eigenvalue weighted by molar-refractivity contribution is 0.0990. The van der Waals surface area contributed by atoms with Gasteiger partial charge in [-0.2, -0.15) is 5.10 Å². The second-order valence-electron chi connectivity index (χ2n) is 4.23. The van der Waals surface area contributed by atoms with Crippen LogP contribution in [-0.4, -0.2) is 15.6 Å². The Kier molecular flexibility index (Phi) is 4.19. The summed E-state index contributed by atoms with van der Waals surface area (Å²) in [6, 6.07) is 4.76. The molecule has 3 nitrogen and oxygen atoms in total. The van der Waals surface area contributed by atoms with Crippen molar-refractivity contribution in [3.8, 4) is 0 Å². The van der Waals surface area contributed by atoms with Gasteiger partial charge < -0.3 is 0 Å². The van der Waals surface area contributed by atoms with Gasteiger partial charge in [0.05, 0.1) is 22.8 Å². The molecule has 0 N–H and O–H groups in total. The van der Waals surface area contributed by atoms with Crippen LogP contribution in [0.4, 0.5) is 0 Å². The van der Waals surface area contributed by atoms with E-state index in [1.54, 1.807) is 36.9 Å². The lowest BCUT2D eigenvalue weighted by atomic mass is 10.1. The van der Waals surface area contributed by atoms with Gasteiger partial charge in [-0.3, -0.25) is 9.48 Å². The number of ketones is 1. The second-order valence-corrected chi connectivity index (χ2v) is 5.48. The first-order valence-electron chi connectivity index (χ1n) is 5.55. The zero-order chi connectivity index (χ0) is 14.2. The number of nitrogens with zero attached hydrogens (tertiary/aromatic N) is 2. The van der Waals surface area contributed by atoms with Crippen molar-refractivity contribution in [3.63, 3.8) is 0 Å². The predicted molar refractivity (Wildman–Crippen MR) is 77.5 cm³/mol. The molecule has 0 fully saturated rings. The molecule has 19 heavy (non-hydrogen) atoms. The van der Waals surface area contributed by atoms with Gasteiger partial charge in [0, 0.05) is 22.7 Å². The minimum atomic E-state index is -0.102. The van der Waals surface area contributed by atoms with Gasteiger partial charge in [0.15, 0.2) is 5.78 Å². The molecule has 0 atom stereocenters. The van der Waals surface area contributed by atoms with E-state index < -0.39 is 0 Å². The van der Waals surface area contributed by atoms with Crippen LogP contribution in [0.5, 0.6) is 0 Å². The summed E-state index contributed by atoms with van der Waals surface area (Å²) in [6.45, 7) is 1.80. The van der Waals surface area contributed by atoms with E-state index in [1.165, 1.54) is 0 Å². The molecule has 0 spiro atoms.